The van der Waals surface area contributed by atoms with Gasteiger partial charge in [0.15, 0.2) is 0 Å². The molecule has 0 unspecified atom stereocenters. The first kappa shape index (κ1) is 31.8. The van der Waals surface area contributed by atoms with Crippen molar-refractivity contribution in [2.45, 2.75) is 6.92 Å². The molecule has 0 N–H and O–H groups in total. The zero-order chi connectivity index (χ0) is 32.5. The number of nitrogens with zero attached hydrogens (tertiary/aromatic N) is 4. The van der Waals surface area contributed by atoms with Crippen LogP contribution in [0.1, 0.15) is 5.69 Å². The summed E-state index contributed by atoms with van der Waals surface area (Å²) in [6.45, 7) is 1.96. The minimum Gasteiger partial charge on any atom is -0.500 e. The molecule has 7 heteroatoms. The molecule has 9 aromatic rings. The molecule has 1 radical (unpaired) electrons. The molecule has 0 aliphatic carbocycles. The van der Waals surface area contributed by atoms with Crippen LogP contribution < -0.4 is 0 Å². The van der Waals surface area contributed by atoms with Crippen LogP contribution in [0.4, 0.5) is 4.39 Å². The van der Waals surface area contributed by atoms with Crippen molar-refractivity contribution in [2.75, 3.05) is 0 Å². The molecule has 0 fully saturated rings. The third kappa shape index (κ3) is 6.06. The first-order chi connectivity index (χ1) is 23.7. The quantitative estimate of drug-likeness (QED) is 0.166. The summed E-state index contributed by atoms with van der Waals surface area (Å²) < 4.78 is 23.3. The van der Waals surface area contributed by atoms with Crippen LogP contribution in [0, 0.1) is 24.9 Å². The van der Waals surface area contributed by atoms with Crippen LogP contribution in [0.25, 0.3) is 72.6 Å². The van der Waals surface area contributed by atoms with Gasteiger partial charge in [-0.05, 0) is 48.3 Å². The van der Waals surface area contributed by atoms with Gasteiger partial charge in [-0.15, -0.1) is 48.0 Å². The van der Waals surface area contributed by atoms with Crippen molar-refractivity contribution in [1.82, 2.24) is 19.5 Å². The third-order valence-electron chi connectivity index (χ3n) is 8.18. The molecule has 239 valence electrons. The van der Waals surface area contributed by atoms with E-state index >= 15 is 4.39 Å². The van der Waals surface area contributed by atoms with Gasteiger partial charge in [0, 0.05) is 48.8 Å². The second-order valence-electron chi connectivity index (χ2n) is 11.2. The Morgan fingerprint density at radius 1 is 0.735 bits per heavy atom. The van der Waals surface area contributed by atoms with Gasteiger partial charge in [0.25, 0.3) is 0 Å². The maximum absolute atomic E-state index is 15.0. The van der Waals surface area contributed by atoms with Crippen molar-refractivity contribution < 1.29 is 28.9 Å². The second-order valence-corrected chi connectivity index (χ2v) is 11.2. The summed E-state index contributed by atoms with van der Waals surface area (Å²) in [6.07, 6.45) is 1.79. The number of benzene rings is 5. The normalized spacial score (nSPS) is 10.9. The number of aryl methyl sites for hydroxylation is 1. The molecule has 0 aliphatic heterocycles. The van der Waals surface area contributed by atoms with E-state index in [4.69, 9.17) is 14.4 Å². The monoisotopic (exact) mass is 815 g/mol. The molecule has 0 saturated heterocycles. The van der Waals surface area contributed by atoms with E-state index in [1.807, 2.05) is 134 Å². The largest absolute Gasteiger partial charge is 0.500 e. The van der Waals surface area contributed by atoms with Crippen LogP contribution in [0.2, 0.25) is 0 Å². The fourth-order valence-corrected chi connectivity index (χ4v) is 5.96. The summed E-state index contributed by atoms with van der Waals surface area (Å²) >= 11 is 0. The van der Waals surface area contributed by atoms with Crippen molar-refractivity contribution in [1.29, 1.82) is 0 Å². The van der Waals surface area contributed by atoms with E-state index in [1.165, 1.54) is 6.07 Å². The topological polar surface area (TPSA) is 56.7 Å². The number of fused-ring (bicyclic) bond motifs is 4. The van der Waals surface area contributed by atoms with E-state index in [9.17, 15) is 0 Å². The number of para-hydroxylation sites is 2. The number of pyridine rings is 2. The Kier molecular flexibility index (Phi) is 8.95. The van der Waals surface area contributed by atoms with Crippen molar-refractivity contribution in [3.63, 3.8) is 0 Å². The van der Waals surface area contributed by atoms with E-state index in [1.54, 1.807) is 6.20 Å². The summed E-state index contributed by atoms with van der Waals surface area (Å²) in [6, 6.07) is 50.9. The zero-order valence-electron chi connectivity index (χ0n) is 26.3. The molecule has 9 rings (SSSR count). The molecule has 0 spiro atoms. The van der Waals surface area contributed by atoms with Gasteiger partial charge in [-0.2, -0.15) is 0 Å². The van der Waals surface area contributed by atoms with E-state index in [-0.39, 0.29) is 25.9 Å². The number of halogens is 1. The summed E-state index contributed by atoms with van der Waals surface area (Å²) in [5.74, 6) is 0.251. The van der Waals surface area contributed by atoms with Gasteiger partial charge >= 0.3 is 0 Å². The molecule has 5 aromatic carbocycles. The Morgan fingerprint density at radius 3 is 2.22 bits per heavy atom. The fraction of sp³-hybridized carbons (Fsp3) is 0.0238. The number of rotatable bonds is 4. The predicted octanol–water partition coefficient (Wildman–Crippen LogP) is 10.4. The number of aromatic nitrogens is 4. The Morgan fingerprint density at radius 2 is 1.47 bits per heavy atom. The summed E-state index contributed by atoms with van der Waals surface area (Å²) in [4.78, 5) is 14.1. The number of hydrogen-bond donors (Lipinski definition) is 0. The van der Waals surface area contributed by atoms with E-state index in [2.05, 4.69) is 27.8 Å². The molecular weight excluding hydrogens is 788 g/mol. The molecule has 5 nitrogen and oxygen atoms in total. The molecule has 0 atom stereocenters. The van der Waals surface area contributed by atoms with Crippen molar-refractivity contribution in [3.8, 4) is 39.6 Å². The van der Waals surface area contributed by atoms with Crippen molar-refractivity contribution >= 4 is 33.0 Å². The fourth-order valence-electron chi connectivity index (χ4n) is 5.96. The van der Waals surface area contributed by atoms with E-state index in [0.717, 1.165) is 50.3 Å². The molecule has 0 amide bonds. The van der Waals surface area contributed by atoms with Gasteiger partial charge in [-0.3, -0.25) is 14.4 Å². The molecular formula is C42H27FIrN4O-2. The van der Waals surface area contributed by atoms with Gasteiger partial charge in [0.1, 0.15) is 5.58 Å². The van der Waals surface area contributed by atoms with Gasteiger partial charge < -0.3 is 14.0 Å². The summed E-state index contributed by atoms with van der Waals surface area (Å²) in [5, 5.41) is 1.16. The number of hydrogen-bond acceptors (Lipinski definition) is 4. The average Bonchev–Trinajstić information content (AvgIpc) is 3.74. The Balaban J connectivity index is 0.000000246. The van der Waals surface area contributed by atoms with Gasteiger partial charge in [-0.25, -0.2) is 0 Å². The van der Waals surface area contributed by atoms with E-state index in [0.29, 0.717) is 27.9 Å². The molecule has 4 aromatic heterocycles. The van der Waals surface area contributed by atoms with Crippen LogP contribution in [0.15, 0.2) is 150 Å². The molecule has 49 heavy (non-hydrogen) atoms. The maximum Gasteiger partial charge on any atom is 0.121 e. The van der Waals surface area contributed by atoms with Crippen LogP contribution in [-0.2, 0) is 20.1 Å². The van der Waals surface area contributed by atoms with E-state index < -0.39 is 0 Å². The molecule has 0 saturated carbocycles. The van der Waals surface area contributed by atoms with Crippen LogP contribution in [0.5, 0.6) is 0 Å². The summed E-state index contributed by atoms with van der Waals surface area (Å²) in [7, 11) is 0. The van der Waals surface area contributed by atoms with Crippen LogP contribution >= 0.6 is 0 Å². The first-order valence-electron chi connectivity index (χ1n) is 15.6. The maximum atomic E-state index is 15.0. The molecule has 0 bridgehead atoms. The number of furan rings is 1. The van der Waals surface area contributed by atoms with Gasteiger partial charge in [-0.1, -0.05) is 84.4 Å². The van der Waals surface area contributed by atoms with Gasteiger partial charge in [0.05, 0.1) is 33.8 Å². The third-order valence-corrected chi connectivity index (χ3v) is 8.18. The van der Waals surface area contributed by atoms with Crippen molar-refractivity contribution in [2.24, 2.45) is 0 Å². The number of imidazole rings is 1. The Labute approximate surface area is 296 Å². The van der Waals surface area contributed by atoms with Crippen LogP contribution in [-0.4, -0.2) is 19.5 Å². The molecule has 0 aliphatic rings. The van der Waals surface area contributed by atoms with Crippen molar-refractivity contribution in [3.05, 3.63) is 169 Å². The van der Waals surface area contributed by atoms with Crippen LogP contribution in [0.3, 0.4) is 0 Å². The summed E-state index contributed by atoms with van der Waals surface area (Å²) in [5.41, 5.74) is 8.97. The minimum atomic E-state index is -0.370. The Hall–Kier alpha value is -5.75. The SMILES string of the molecule is Cc1nc(-c2ccccc2)cc2c1nc(-c1[c-]cc(F)c3c1oc1ccccc13)n2-c1ccccc1.[Ir].[c-]1ccccc1-c1ccccn1. The zero-order valence-corrected chi connectivity index (χ0v) is 28.7. The second kappa shape index (κ2) is 13.8. The minimum absolute atomic E-state index is 0. The molecule has 4 heterocycles. The average molecular weight is 815 g/mol. The Bertz CT molecular complexity index is 2480. The predicted molar refractivity (Wildman–Crippen MR) is 189 cm³/mol. The standard InChI is InChI=1S/C31H19FN3O.C11H8N.Ir/c1-19-29-26(18-25(33-19)20-10-4-2-5-11-20)35(21-12-6-3-7-13-21)31(34-29)23-16-17-24(32)28-22-14-8-9-15-27(22)36-30(23)28;1-2-6-10(7-3-1)11-8-4-5-9-12-11;/h2-15,17-18H,1H3;1-6,8-9H;/q2*-1;. The van der Waals surface area contributed by atoms with Gasteiger partial charge in [0.2, 0.25) is 0 Å². The smallest absolute Gasteiger partial charge is 0.121 e. The first-order valence-corrected chi connectivity index (χ1v) is 15.6.